The summed E-state index contributed by atoms with van der Waals surface area (Å²) in [5, 5.41) is 0. The van der Waals surface area contributed by atoms with Crippen molar-refractivity contribution in [3.63, 3.8) is 0 Å². The van der Waals surface area contributed by atoms with E-state index in [-0.39, 0.29) is 54.4 Å². The number of benzene rings is 1. The number of ether oxygens (including phenoxy) is 4. The number of esters is 1. The van der Waals surface area contributed by atoms with Gasteiger partial charge in [0.25, 0.3) is 0 Å². The lowest BCUT2D eigenvalue weighted by Gasteiger charge is -2.34. The van der Waals surface area contributed by atoms with Crippen molar-refractivity contribution in [2.24, 2.45) is 23.2 Å². The fraction of sp³-hybridized carbons (Fsp3) is 0.667. The first-order chi connectivity index (χ1) is 21.4. The molecular formula is C33H43F2N3O7. The molecule has 2 aromatic rings. The van der Waals surface area contributed by atoms with E-state index in [2.05, 4.69) is 9.97 Å². The monoisotopic (exact) mass is 631 g/mol. The van der Waals surface area contributed by atoms with Crippen LogP contribution in [0, 0.1) is 23.2 Å². The molecule has 0 N–H and O–H groups in total. The summed E-state index contributed by atoms with van der Waals surface area (Å²) < 4.78 is 54.7. The summed E-state index contributed by atoms with van der Waals surface area (Å²) in [5.74, 6) is -5.68. The first-order valence-electron chi connectivity index (χ1n) is 15.8. The van der Waals surface area contributed by atoms with Gasteiger partial charge in [-0.25, -0.2) is 9.97 Å². The summed E-state index contributed by atoms with van der Waals surface area (Å²) in [6.45, 7) is 6.50. The van der Waals surface area contributed by atoms with Crippen LogP contribution in [0.1, 0.15) is 71.9 Å². The maximum atomic E-state index is 15.9. The molecule has 45 heavy (non-hydrogen) atoms. The van der Waals surface area contributed by atoms with Crippen LogP contribution >= 0.6 is 0 Å². The quantitative estimate of drug-likeness (QED) is 0.337. The minimum absolute atomic E-state index is 0.0383. The number of aldehydes is 1. The molecule has 2 bridgehead atoms. The van der Waals surface area contributed by atoms with Gasteiger partial charge in [0.1, 0.15) is 30.9 Å². The lowest BCUT2D eigenvalue weighted by atomic mass is 9.77. The molecule has 2 fully saturated rings. The van der Waals surface area contributed by atoms with Crippen LogP contribution in [-0.4, -0.2) is 78.1 Å². The molecule has 1 aromatic carbocycles. The van der Waals surface area contributed by atoms with Gasteiger partial charge in [-0.1, -0.05) is 27.7 Å². The van der Waals surface area contributed by atoms with Gasteiger partial charge in [-0.05, 0) is 55.6 Å². The largest absolute Gasteiger partial charge is 0.497 e. The number of methoxy groups -OCH3 is 1. The normalized spacial score (nSPS) is 29.6. The molecule has 5 rings (SSSR count). The lowest BCUT2D eigenvalue weighted by Crippen LogP contribution is -2.46. The van der Waals surface area contributed by atoms with Crippen molar-refractivity contribution in [2.75, 3.05) is 26.9 Å². The Bertz CT molecular complexity index is 1410. The molecule has 0 radical (unpaired) electrons. The molecular weight excluding hydrogens is 588 g/mol. The van der Waals surface area contributed by atoms with Crippen LogP contribution in [0.3, 0.4) is 0 Å². The minimum Gasteiger partial charge on any atom is -0.497 e. The van der Waals surface area contributed by atoms with Gasteiger partial charge in [-0.2, -0.15) is 8.78 Å². The highest BCUT2D eigenvalue weighted by Crippen LogP contribution is 2.40. The van der Waals surface area contributed by atoms with Crippen molar-refractivity contribution in [2.45, 2.75) is 90.4 Å². The Kier molecular flexibility index (Phi) is 9.62. The number of hydrogen-bond acceptors (Lipinski definition) is 9. The van der Waals surface area contributed by atoms with Crippen molar-refractivity contribution in [1.82, 2.24) is 14.9 Å². The van der Waals surface area contributed by atoms with Gasteiger partial charge in [0.2, 0.25) is 11.8 Å². The van der Waals surface area contributed by atoms with Gasteiger partial charge >= 0.3 is 11.9 Å². The average molecular weight is 632 g/mol. The molecule has 0 unspecified atom stereocenters. The third-order valence-electron chi connectivity index (χ3n) is 9.50. The van der Waals surface area contributed by atoms with E-state index < -0.39 is 53.6 Å². The predicted molar refractivity (Wildman–Crippen MR) is 160 cm³/mol. The number of alkyl halides is 2. The molecule has 10 nitrogen and oxygen atoms in total. The first-order valence-corrected chi connectivity index (χ1v) is 15.8. The Labute approximate surface area is 262 Å². The van der Waals surface area contributed by atoms with Crippen LogP contribution in [0.2, 0.25) is 0 Å². The van der Waals surface area contributed by atoms with Crippen LogP contribution in [0.15, 0.2) is 18.2 Å². The van der Waals surface area contributed by atoms with Gasteiger partial charge in [-0.3, -0.25) is 9.59 Å². The fourth-order valence-electron chi connectivity index (χ4n) is 6.89. The van der Waals surface area contributed by atoms with Crippen molar-refractivity contribution in [3.8, 4) is 11.6 Å². The fourth-order valence-corrected chi connectivity index (χ4v) is 6.89. The molecule has 0 spiro atoms. The number of fused-ring (bicyclic) bond motifs is 5. The Hall–Kier alpha value is -3.41. The SMILES string of the molecule is CC[C@@H]1[C@@H]2CN(C(=O)[C@H](C(C)(C)C)CC(=O)O[C@@H]3CCC[C@H]3CCOCC(F)(F)c3nc4ccc(OC)cc4nc3O2)[C@@H]1C=O. The van der Waals surface area contributed by atoms with Crippen molar-refractivity contribution >= 4 is 29.2 Å². The highest BCUT2D eigenvalue weighted by Gasteiger charge is 2.49. The average Bonchev–Trinajstić information content (AvgIpc) is 3.59. The van der Waals surface area contributed by atoms with Crippen molar-refractivity contribution in [3.05, 3.63) is 23.9 Å². The van der Waals surface area contributed by atoms with E-state index in [0.29, 0.717) is 31.3 Å². The molecule has 12 heteroatoms. The Morgan fingerprint density at radius 3 is 2.56 bits per heavy atom. The number of carbonyl (C=O) groups is 3. The smallest absolute Gasteiger partial charge is 0.317 e. The molecule has 1 saturated heterocycles. The molecule has 6 atom stereocenters. The van der Waals surface area contributed by atoms with E-state index >= 15 is 8.78 Å². The van der Waals surface area contributed by atoms with Crippen molar-refractivity contribution < 1.29 is 42.1 Å². The van der Waals surface area contributed by atoms with Crippen LogP contribution in [-0.2, 0) is 29.8 Å². The number of aromatic nitrogens is 2. The second-order valence-electron chi connectivity index (χ2n) is 13.5. The topological polar surface area (TPSA) is 117 Å². The zero-order valence-electron chi connectivity index (χ0n) is 26.6. The minimum atomic E-state index is -3.57. The number of carbonyl (C=O) groups excluding carboxylic acids is 3. The Morgan fingerprint density at radius 1 is 1.09 bits per heavy atom. The first kappa shape index (κ1) is 33.0. The molecule has 1 aliphatic carbocycles. The zero-order valence-corrected chi connectivity index (χ0v) is 26.6. The third-order valence-corrected chi connectivity index (χ3v) is 9.50. The molecule has 3 aliphatic rings. The van der Waals surface area contributed by atoms with Gasteiger partial charge in [0, 0.05) is 18.6 Å². The van der Waals surface area contributed by atoms with Crippen LogP contribution in [0.25, 0.3) is 11.0 Å². The van der Waals surface area contributed by atoms with E-state index in [4.69, 9.17) is 18.9 Å². The van der Waals surface area contributed by atoms with Gasteiger partial charge in [0.05, 0.1) is 43.1 Å². The molecule has 246 valence electrons. The number of amides is 1. The zero-order chi connectivity index (χ0) is 32.5. The van der Waals surface area contributed by atoms with Gasteiger partial charge in [0.15, 0.2) is 5.69 Å². The third kappa shape index (κ3) is 6.90. The standard InChI is InChI=1S/C33H43F2N3O7/c1-6-21-25(17-39)38-16-27(21)45-30-29(36-23-11-10-20(42-5)14-24(23)37-30)33(34,35)18-43-13-12-19-8-7-9-26(19)44-28(40)15-22(31(38)41)32(2,3)4/h10-11,14,17,19,21-22,25-27H,6-9,12-13,15-16,18H2,1-5H3/t19-,21-,22+,25+,26+,27-/m0/s1. The van der Waals surface area contributed by atoms with Crippen LogP contribution < -0.4 is 9.47 Å². The molecule has 1 aromatic heterocycles. The molecule has 1 amide bonds. The number of halogens is 2. The highest BCUT2D eigenvalue weighted by atomic mass is 19.3. The van der Waals surface area contributed by atoms with Gasteiger partial charge in [-0.15, -0.1) is 0 Å². The second kappa shape index (κ2) is 13.1. The Balaban J connectivity index is 1.58. The number of hydrogen-bond donors (Lipinski definition) is 0. The second-order valence-corrected chi connectivity index (χ2v) is 13.5. The summed E-state index contributed by atoms with van der Waals surface area (Å²) >= 11 is 0. The van der Waals surface area contributed by atoms with E-state index in [9.17, 15) is 14.4 Å². The summed E-state index contributed by atoms with van der Waals surface area (Å²) in [4.78, 5) is 50.1. The summed E-state index contributed by atoms with van der Waals surface area (Å²) in [5.41, 5.74) is -0.795. The van der Waals surface area contributed by atoms with E-state index in [1.165, 1.54) is 12.0 Å². The van der Waals surface area contributed by atoms with Crippen LogP contribution in [0.5, 0.6) is 11.6 Å². The highest BCUT2D eigenvalue weighted by molar-refractivity contribution is 5.87. The van der Waals surface area contributed by atoms with Crippen molar-refractivity contribution in [1.29, 1.82) is 0 Å². The lowest BCUT2D eigenvalue weighted by molar-refractivity contribution is -0.158. The molecule has 1 saturated carbocycles. The summed E-state index contributed by atoms with van der Waals surface area (Å²) in [7, 11) is 1.48. The molecule has 2 aliphatic heterocycles. The maximum Gasteiger partial charge on any atom is 0.317 e. The van der Waals surface area contributed by atoms with E-state index in [1.807, 2.05) is 27.7 Å². The Morgan fingerprint density at radius 2 is 1.87 bits per heavy atom. The number of nitrogens with zero attached hydrogens (tertiary/aromatic N) is 3. The number of rotatable bonds is 3. The summed E-state index contributed by atoms with van der Waals surface area (Å²) in [6.07, 6.45) is 2.50. The summed E-state index contributed by atoms with van der Waals surface area (Å²) in [6, 6.07) is 3.85. The van der Waals surface area contributed by atoms with Crippen LogP contribution in [0.4, 0.5) is 8.78 Å². The van der Waals surface area contributed by atoms with E-state index in [1.54, 1.807) is 18.2 Å². The molecule has 3 heterocycles. The van der Waals surface area contributed by atoms with E-state index in [0.717, 1.165) is 12.8 Å². The predicted octanol–water partition coefficient (Wildman–Crippen LogP) is 5.10. The maximum absolute atomic E-state index is 15.9. The van der Waals surface area contributed by atoms with Gasteiger partial charge < -0.3 is 28.6 Å².